The molecule has 0 unspecified atom stereocenters. The first-order valence-electron chi connectivity index (χ1n) is 3.39. The molecule has 1 heterocycles. The van der Waals surface area contributed by atoms with E-state index in [1.807, 2.05) is 0 Å². The lowest BCUT2D eigenvalue weighted by molar-refractivity contribution is -0.419. The summed E-state index contributed by atoms with van der Waals surface area (Å²) >= 11 is 1.31. The molecule has 0 saturated carbocycles. The number of nitro groups is 1. The van der Waals surface area contributed by atoms with E-state index >= 15 is 0 Å². The summed E-state index contributed by atoms with van der Waals surface area (Å²) in [5, 5.41) is 13.6. The van der Waals surface area contributed by atoms with Crippen LogP contribution in [-0.2, 0) is 4.79 Å². The predicted octanol–water partition coefficient (Wildman–Crippen LogP) is 0.358. The fourth-order valence-electron chi connectivity index (χ4n) is 0.892. The standard InChI is InChI=1S/C6H8N2O3S/c1-4(9)5(8(10)11)6-7-2-3-12-6/h7H,2-3H2,1H3/b6-5-. The molecule has 1 rings (SSSR count). The van der Waals surface area contributed by atoms with Gasteiger partial charge in [0.05, 0.1) is 4.92 Å². The molecule has 66 valence electrons. The Kier molecular flexibility index (Phi) is 2.69. The van der Waals surface area contributed by atoms with Crippen LogP contribution in [0, 0.1) is 10.1 Å². The van der Waals surface area contributed by atoms with Crippen molar-refractivity contribution in [2.75, 3.05) is 12.3 Å². The number of thioether (sulfide) groups is 1. The number of rotatable bonds is 2. The summed E-state index contributed by atoms with van der Waals surface area (Å²) in [6.07, 6.45) is 0. The van der Waals surface area contributed by atoms with E-state index in [4.69, 9.17) is 0 Å². The van der Waals surface area contributed by atoms with Gasteiger partial charge < -0.3 is 5.32 Å². The highest BCUT2D eigenvalue weighted by Gasteiger charge is 2.26. The van der Waals surface area contributed by atoms with Gasteiger partial charge >= 0.3 is 5.70 Å². The van der Waals surface area contributed by atoms with E-state index in [0.29, 0.717) is 11.6 Å². The van der Waals surface area contributed by atoms with E-state index < -0.39 is 10.7 Å². The summed E-state index contributed by atoms with van der Waals surface area (Å²) in [5.41, 5.74) is -0.322. The highest BCUT2D eigenvalue weighted by Crippen LogP contribution is 2.22. The smallest absolute Gasteiger partial charge is 0.341 e. The zero-order chi connectivity index (χ0) is 9.14. The summed E-state index contributed by atoms with van der Waals surface area (Å²) < 4.78 is 0. The van der Waals surface area contributed by atoms with Crippen LogP contribution in [0.1, 0.15) is 6.92 Å². The van der Waals surface area contributed by atoms with E-state index in [9.17, 15) is 14.9 Å². The lowest BCUT2D eigenvalue weighted by Gasteiger charge is -1.97. The molecule has 0 aromatic rings. The molecule has 0 spiro atoms. The molecule has 0 aromatic heterocycles. The Labute approximate surface area is 73.4 Å². The Morgan fingerprint density at radius 3 is 2.75 bits per heavy atom. The van der Waals surface area contributed by atoms with E-state index in [-0.39, 0.29) is 5.70 Å². The van der Waals surface area contributed by atoms with Crippen molar-refractivity contribution in [1.29, 1.82) is 0 Å². The van der Waals surface area contributed by atoms with Crippen LogP contribution in [0.4, 0.5) is 0 Å². The van der Waals surface area contributed by atoms with E-state index in [2.05, 4.69) is 5.32 Å². The van der Waals surface area contributed by atoms with Crippen molar-refractivity contribution in [3.63, 3.8) is 0 Å². The quantitative estimate of drug-likeness (QED) is 0.385. The number of nitrogens with zero attached hydrogens (tertiary/aromatic N) is 1. The van der Waals surface area contributed by atoms with Gasteiger partial charge in [-0.25, -0.2) is 0 Å². The number of Topliss-reactive ketones (excluding diaryl/α,β-unsaturated/α-hetero) is 1. The van der Waals surface area contributed by atoms with Gasteiger partial charge in [0.25, 0.3) is 0 Å². The third-order valence-electron chi connectivity index (χ3n) is 1.37. The van der Waals surface area contributed by atoms with Gasteiger partial charge in [0.2, 0.25) is 5.78 Å². The van der Waals surface area contributed by atoms with Crippen molar-refractivity contribution < 1.29 is 9.72 Å². The minimum absolute atomic E-state index is 0.322. The Bertz CT molecular complexity index is 238. The van der Waals surface area contributed by atoms with Crippen molar-refractivity contribution in [2.24, 2.45) is 0 Å². The van der Waals surface area contributed by atoms with Gasteiger partial charge in [-0.1, -0.05) is 11.8 Å². The minimum atomic E-state index is -0.636. The second-order valence-corrected chi connectivity index (χ2v) is 3.37. The summed E-state index contributed by atoms with van der Waals surface area (Å²) in [6.45, 7) is 1.89. The molecule has 0 aromatic carbocycles. The fraction of sp³-hybridized carbons (Fsp3) is 0.500. The molecule has 1 N–H and O–H groups in total. The van der Waals surface area contributed by atoms with Crippen molar-refractivity contribution >= 4 is 17.5 Å². The van der Waals surface area contributed by atoms with Gasteiger partial charge in [-0.3, -0.25) is 14.9 Å². The van der Waals surface area contributed by atoms with E-state index in [1.165, 1.54) is 18.7 Å². The molecular formula is C6H8N2O3S. The first-order valence-corrected chi connectivity index (χ1v) is 4.37. The lowest BCUT2D eigenvalue weighted by atomic mass is 10.3. The summed E-state index contributed by atoms with van der Waals surface area (Å²) in [5.74, 6) is 0.275. The molecule has 0 bridgehead atoms. The number of allylic oxidation sites excluding steroid dienone is 1. The Hall–Kier alpha value is -1.04. The minimum Gasteiger partial charge on any atom is -0.373 e. The van der Waals surface area contributed by atoms with Crippen LogP contribution in [0.25, 0.3) is 0 Å². The maximum absolute atomic E-state index is 10.8. The first kappa shape index (κ1) is 9.05. The third kappa shape index (κ3) is 1.76. The van der Waals surface area contributed by atoms with Crippen molar-refractivity contribution in [2.45, 2.75) is 6.92 Å². The lowest BCUT2D eigenvalue weighted by Crippen LogP contribution is -2.16. The number of nitrogens with one attached hydrogen (secondary N) is 1. The summed E-state index contributed by atoms with van der Waals surface area (Å²) in [4.78, 5) is 20.6. The average molecular weight is 188 g/mol. The second kappa shape index (κ2) is 3.57. The number of hydrogen-bond acceptors (Lipinski definition) is 5. The van der Waals surface area contributed by atoms with Gasteiger partial charge in [-0.2, -0.15) is 0 Å². The normalized spacial score (nSPS) is 20.1. The number of carbonyl (C=O) groups is 1. The Balaban J connectivity index is 2.97. The maximum atomic E-state index is 10.8. The van der Waals surface area contributed by atoms with Gasteiger partial charge in [0.15, 0.2) is 5.03 Å². The molecule has 1 fully saturated rings. The zero-order valence-electron chi connectivity index (χ0n) is 6.49. The number of ketones is 1. The third-order valence-corrected chi connectivity index (χ3v) is 2.40. The molecule has 6 heteroatoms. The van der Waals surface area contributed by atoms with Crippen LogP contribution in [0.15, 0.2) is 10.7 Å². The fourth-order valence-corrected chi connectivity index (χ4v) is 1.86. The highest BCUT2D eigenvalue weighted by atomic mass is 32.2. The Morgan fingerprint density at radius 1 is 1.75 bits per heavy atom. The molecule has 12 heavy (non-hydrogen) atoms. The largest absolute Gasteiger partial charge is 0.373 e. The second-order valence-electron chi connectivity index (χ2n) is 2.27. The monoisotopic (exact) mass is 188 g/mol. The van der Waals surface area contributed by atoms with E-state index in [1.54, 1.807) is 0 Å². The molecule has 1 saturated heterocycles. The van der Waals surface area contributed by atoms with Crippen LogP contribution in [0.2, 0.25) is 0 Å². The molecule has 1 aliphatic heterocycles. The van der Waals surface area contributed by atoms with Gasteiger partial charge in [-0.05, 0) is 0 Å². The van der Waals surface area contributed by atoms with Crippen molar-refractivity contribution in [1.82, 2.24) is 5.32 Å². The van der Waals surface area contributed by atoms with Crippen LogP contribution < -0.4 is 5.32 Å². The highest BCUT2D eigenvalue weighted by molar-refractivity contribution is 8.03. The van der Waals surface area contributed by atoms with E-state index in [0.717, 1.165) is 5.75 Å². The molecule has 0 atom stereocenters. The van der Waals surface area contributed by atoms with Crippen LogP contribution >= 0.6 is 11.8 Å². The molecule has 0 amide bonds. The molecule has 0 radical (unpaired) electrons. The number of hydrogen-bond donors (Lipinski definition) is 1. The SMILES string of the molecule is CC(=O)/C(=C1\NCCS1)[N+](=O)[O-]. The van der Waals surface area contributed by atoms with Gasteiger partial charge in [-0.15, -0.1) is 0 Å². The van der Waals surface area contributed by atoms with Crippen LogP contribution in [0.3, 0.4) is 0 Å². The average Bonchev–Trinajstić information content (AvgIpc) is 2.37. The molecule has 0 aliphatic carbocycles. The summed E-state index contributed by atoms with van der Waals surface area (Å²) in [6, 6.07) is 0. The first-order chi connectivity index (χ1) is 5.63. The number of carbonyl (C=O) groups excluding carboxylic acids is 1. The van der Waals surface area contributed by atoms with Crippen LogP contribution in [-0.4, -0.2) is 23.0 Å². The molecular weight excluding hydrogens is 180 g/mol. The van der Waals surface area contributed by atoms with Crippen molar-refractivity contribution in [3.8, 4) is 0 Å². The van der Waals surface area contributed by atoms with Crippen LogP contribution in [0.5, 0.6) is 0 Å². The predicted molar refractivity (Wildman–Crippen MR) is 45.2 cm³/mol. The molecule has 5 nitrogen and oxygen atoms in total. The topological polar surface area (TPSA) is 72.2 Å². The Morgan fingerprint density at radius 2 is 2.42 bits per heavy atom. The molecule has 1 aliphatic rings. The zero-order valence-corrected chi connectivity index (χ0v) is 7.31. The van der Waals surface area contributed by atoms with Gasteiger partial charge in [0, 0.05) is 19.2 Å². The summed E-state index contributed by atoms with van der Waals surface area (Å²) in [7, 11) is 0. The van der Waals surface area contributed by atoms with Gasteiger partial charge in [0.1, 0.15) is 0 Å². The maximum Gasteiger partial charge on any atom is 0.341 e. The van der Waals surface area contributed by atoms with Crippen molar-refractivity contribution in [3.05, 3.63) is 20.8 Å².